The number of carbonyl (C=O) groups is 1. The fraction of sp³-hybridized carbons (Fsp3) is 0.759. The third-order valence-electron chi connectivity index (χ3n) is 10.6. The molecule has 0 saturated heterocycles. The average Bonchev–Trinajstić information content (AvgIpc) is 3.21. The number of nitriles is 1. The third kappa shape index (κ3) is 4.17. The van der Waals surface area contributed by atoms with Gasteiger partial charge in [-0.15, -0.1) is 0 Å². The van der Waals surface area contributed by atoms with Crippen LogP contribution in [0.25, 0.3) is 0 Å². The minimum absolute atomic E-state index is 0.119. The number of methoxy groups -OCH3 is 1. The van der Waals surface area contributed by atoms with Crippen molar-refractivity contribution in [1.82, 2.24) is 10.3 Å². The molecule has 5 rings (SSSR count). The van der Waals surface area contributed by atoms with Crippen LogP contribution in [0.3, 0.4) is 0 Å². The highest BCUT2D eigenvalue weighted by atomic mass is 16.5. The zero-order valence-corrected chi connectivity index (χ0v) is 21.1. The lowest BCUT2D eigenvalue weighted by atomic mass is 9.49. The van der Waals surface area contributed by atoms with Gasteiger partial charge in [-0.05, 0) is 124 Å². The maximum atomic E-state index is 12.9. The van der Waals surface area contributed by atoms with E-state index in [9.17, 15) is 4.79 Å². The molecule has 3 unspecified atom stereocenters. The maximum Gasteiger partial charge on any atom is 0.270 e. The highest BCUT2D eigenvalue weighted by Gasteiger charge is 2.57. The number of nitrogens with zero attached hydrogens (tertiary/aromatic N) is 2. The Labute approximate surface area is 205 Å². The van der Waals surface area contributed by atoms with Crippen molar-refractivity contribution in [3.05, 3.63) is 29.6 Å². The van der Waals surface area contributed by atoms with Crippen molar-refractivity contribution in [2.24, 2.45) is 46.8 Å². The van der Waals surface area contributed by atoms with E-state index in [0.717, 1.165) is 42.1 Å². The molecule has 4 saturated carbocycles. The Hall–Kier alpha value is -1.93. The summed E-state index contributed by atoms with van der Waals surface area (Å²) in [4.78, 5) is 17.1. The van der Waals surface area contributed by atoms with Gasteiger partial charge in [0.05, 0.1) is 5.56 Å². The lowest BCUT2D eigenvalue weighted by Crippen LogP contribution is -2.51. The van der Waals surface area contributed by atoms with Gasteiger partial charge in [0, 0.05) is 26.0 Å². The monoisotopic (exact) mass is 463 g/mol. The van der Waals surface area contributed by atoms with Crippen LogP contribution in [0, 0.1) is 58.2 Å². The van der Waals surface area contributed by atoms with Gasteiger partial charge in [0.2, 0.25) is 0 Å². The van der Waals surface area contributed by atoms with Crippen molar-refractivity contribution in [2.75, 3.05) is 13.7 Å². The first kappa shape index (κ1) is 23.8. The van der Waals surface area contributed by atoms with E-state index in [4.69, 9.17) is 10.00 Å². The third-order valence-corrected chi connectivity index (χ3v) is 10.6. The zero-order valence-electron chi connectivity index (χ0n) is 21.1. The molecule has 0 aromatic carbocycles. The molecule has 1 aromatic rings. The minimum atomic E-state index is -0.119. The quantitative estimate of drug-likeness (QED) is 0.616. The van der Waals surface area contributed by atoms with E-state index in [0.29, 0.717) is 22.6 Å². The number of fused-ring (bicyclic) bond motifs is 5. The largest absolute Gasteiger partial charge is 0.384 e. The van der Waals surface area contributed by atoms with E-state index < -0.39 is 0 Å². The number of ether oxygens (including phenoxy) is 1. The van der Waals surface area contributed by atoms with Gasteiger partial charge in [-0.1, -0.05) is 6.92 Å². The van der Waals surface area contributed by atoms with Crippen molar-refractivity contribution in [3.63, 3.8) is 0 Å². The lowest BCUT2D eigenvalue weighted by molar-refractivity contribution is -0.0742. The molecule has 5 heteroatoms. The molecule has 1 amide bonds. The number of amides is 1. The van der Waals surface area contributed by atoms with E-state index in [2.05, 4.69) is 30.2 Å². The highest BCUT2D eigenvalue weighted by Crippen LogP contribution is 2.64. The van der Waals surface area contributed by atoms with Crippen LogP contribution in [0.4, 0.5) is 0 Å². The molecule has 1 aromatic heterocycles. The summed E-state index contributed by atoms with van der Waals surface area (Å²) in [5.74, 6) is 5.66. The summed E-state index contributed by atoms with van der Waals surface area (Å²) in [5.41, 5.74) is 1.21. The second kappa shape index (κ2) is 9.61. The number of pyridine rings is 1. The van der Waals surface area contributed by atoms with E-state index in [1.807, 2.05) is 7.11 Å². The summed E-state index contributed by atoms with van der Waals surface area (Å²) in [6, 6.07) is 5.52. The van der Waals surface area contributed by atoms with Gasteiger partial charge >= 0.3 is 0 Å². The molecule has 184 valence electrons. The summed E-state index contributed by atoms with van der Waals surface area (Å²) in [7, 11) is 1.85. The topological polar surface area (TPSA) is 75.0 Å². The number of hydrogen-bond acceptors (Lipinski definition) is 4. The Morgan fingerprint density at radius 2 is 2.00 bits per heavy atom. The second-order valence-corrected chi connectivity index (χ2v) is 12.1. The molecular formula is C29H41N3O2. The van der Waals surface area contributed by atoms with Crippen molar-refractivity contribution < 1.29 is 9.53 Å². The summed E-state index contributed by atoms with van der Waals surface area (Å²) in [6.07, 6.45) is 13.7. The smallest absolute Gasteiger partial charge is 0.270 e. The Morgan fingerprint density at radius 3 is 2.74 bits per heavy atom. The van der Waals surface area contributed by atoms with Gasteiger partial charge in [-0.25, -0.2) is 4.98 Å². The number of nitrogens with one attached hydrogen (secondary N) is 1. The molecule has 0 spiro atoms. The first-order valence-electron chi connectivity index (χ1n) is 13.6. The molecule has 4 aliphatic carbocycles. The van der Waals surface area contributed by atoms with Gasteiger partial charge in [0.1, 0.15) is 11.8 Å². The van der Waals surface area contributed by atoms with Crippen molar-refractivity contribution in [2.45, 2.75) is 77.7 Å². The van der Waals surface area contributed by atoms with Crippen LogP contribution in [0.2, 0.25) is 0 Å². The van der Waals surface area contributed by atoms with Gasteiger partial charge in [-0.3, -0.25) is 4.79 Å². The highest BCUT2D eigenvalue weighted by molar-refractivity contribution is 5.92. The van der Waals surface area contributed by atoms with Crippen molar-refractivity contribution >= 4 is 5.91 Å². The first-order chi connectivity index (χ1) is 16.4. The molecular weight excluding hydrogens is 422 g/mol. The maximum absolute atomic E-state index is 12.9. The van der Waals surface area contributed by atoms with E-state index in [-0.39, 0.29) is 11.9 Å². The average molecular weight is 464 g/mol. The summed E-state index contributed by atoms with van der Waals surface area (Å²) >= 11 is 0. The van der Waals surface area contributed by atoms with Crippen LogP contribution in [0.1, 0.15) is 87.7 Å². The van der Waals surface area contributed by atoms with Crippen LogP contribution in [-0.2, 0) is 4.74 Å². The Balaban J connectivity index is 1.24. The first-order valence-corrected chi connectivity index (χ1v) is 13.6. The molecule has 0 radical (unpaired) electrons. The van der Waals surface area contributed by atoms with Gasteiger partial charge in [0.15, 0.2) is 0 Å². The summed E-state index contributed by atoms with van der Waals surface area (Å²) in [5, 5.41) is 12.3. The van der Waals surface area contributed by atoms with E-state index in [1.165, 1.54) is 64.0 Å². The van der Waals surface area contributed by atoms with E-state index >= 15 is 0 Å². The van der Waals surface area contributed by atoms with Gasteiger partial charge < -0.3 is 10.1 Å². The predicted molar refractivity (Wildman–Crippen MR) is 132 cm³/mol. The molecule has 4 fully saturated rings. The number of carbonyl (C=O) groups excluding carboxylic acids is 1. The van der Waals surface area contributed by atoms with Gasteiger partial charge in [-0.2, -0.15) is 5.26 Å². The van der Waals surface area contributed by atoms with Gasteiger partial charge in [0.25, 0.3) is 5.91 Å². The predicted octanol–water partition coefficient (Wildman–Crippen LogP) is 5.60. The molecule has 5 nitrogen and oxygen atoms in total. The standard InChI is InChI=1S/C29H41N3O2/c1-18(32-28(33)27-11-5-20(15-30)16-31-27)25-9-10-26-24-8-6-21-14-19(17-34-3)4-7-22(21)23(24)12-13-29(25,26)2/h5,11,16,18-19,21-26H,4,6-10,12-14,17H2,1-3H3,(H,32,33)/t18-,19-,21+,22-,23?,24+,25?,26?,29+/m0/s1. The Bertz CT molecular complexity index is 924. The van der Waals surface area contributed by atoms with Crippen LogP contribution >= 0.6 is 0 Å². The van der Waals surface area contributed by atoms with Crippen LogP contribution in [0.15, 0.2) is 18.3 Å². The van der Waals surface area contributed by atoms with Crippen molar-refractivity contribution in [1.29, 1.82) is 5.26 Å². The normalized spacial score (nSPS) is 39.8. The number of aromatic nitrogens is 1. The molecule has 34 heavy (non-hydrogen) atoms. The molecule has 9 atom stereocenters. The minimum Gasteiger partial charge on any atom is -0.384 e. The molecule has 1 N–H and O–H groups in total. The summed E-state index contributed by atoms with van der Waals surface area (Å²) < 4.78 is 5.49. The molecule has 1 heterocycles. The Kier molecular flexibility index (Phi) is 6.73. The SMILES string of the molecule is COC[C@H]1CC[C@@H]2C3CC[C@@]4(C)C(CCC4[C@H](C)NC(=O)c4ccc(C#N)cn4)[C@@H]3CC[C@@H]2C1. The molecule has 0 bridgehead atoms. The molecule has 0 aliphatic heterocycles. The van der Waals surface area contributed by atoms with Crippen LogP contribution in [-0.4, -0.2) is 30.6 Å². The fourth-order valence-electron chi connectivity index (χ4n) is 9.18. The lowest BCUT2D eigenvalue weighted by Gasteiger charge is -2.56. The van der Waals surface area contributed by atoms with Crippen molar-refractivity contribution in [3.8, 4) is 6.07 Å². The molecule has 4 aliphatic rings. The van der Waals surface area contributed by atoms with E-state index in [1.54, 1.807) is 12.1 Å². The zero-order chi connectivity index (χ0) is 23.9. The van der Waals surface area contributed by atoms with Crippen LogP contribution < -0.4 is 5.32 Å². The number of rotatable bonds is 5. The second-order valence-electron chi connectivity index (χ2n) is 12.1. The van der Waals surface area contributed by atoms with Crippen LogP contribution in [0.5, 0.6) is 0 Å². The summed E-state index contributed by atoms with van der Waals surface area (Å²) in [6.45, 7) is 5.68. The fourth-order valence-corrected chi connectivity index (χ4v) is 9.18. The Morgan fingerprint density at radius 1 is 1.18 bits per heavy atom. The number of hydrogen-bond donors (Lipinski definition) is 1.